The van der Waals surface area contributed by atoms with Gasteiger partial charge in [-0.25, -0.2) is 0 Å². The molecule has 2 aromatic carbocycles. The average molecular weight is 340 g/mol. The molecule has 0 aliphatic carbocycles. The highest BCUT2D eigenvalue weighted by molar-refractivity contribution is 5.56. The van der Waals surface area contributed by atoms with Gasteiger partial charge in [0.05, 0.1) is 12.3 Å². The van der Waals surface area contributed by atoms with Gasteiger partial charge in [0, 0.05) is 6.54 Å². The summed E-state index contributed by atoms with van der Waals surface area (Å²) >= 11 is 0. The van der Waals surface area contributed by atoms with Crippen molar-refractivity contribution in [3.63, 3.8) is 0 Å². The predicted molar refractivity (Wildman–Crippen MR) is 109 cm³/mol. The number of anilines is 1. The number of nitrogens with one attached hydrogen (secondary N) is 1. The van der Waals surface area contributed by atoms with Gasteiger partial charge in [-0.1, -0.05) is 81.5 Å². The summed E-state index contributed by atoms with van der Waals surface area (Å²) in [5.74, 6) is 0.974. The van der Waals surface area contributed by atoms with Crippen LogP contribution in [0.15, 0.2) is 54.6 Å². The number of aryl methyl sites for hydroxylation is 1. The first-order chi connectivity index (χ1) is 12.4. The smallest absolute Gasteiger partial charge is 0.142 e. The molecule has 0 aliphatic heterocycles. The van der Waals surface area contributed by atoms with Crippen molar-refractivity contribution in [3.05, 3.63) is 60.2 Å². The maximum atomic E-state index is 6.01. The molecule has 0 atom stereocenters. The highest BCUT2D eigenvalue weighted by atomic mass is 16.5. The van der Waals surface area contributed by atoms with Crippen molar-refractivity contribution >= 4 is 5.69 Å². The number of para-hydroxylation sites is 2. The minimum absolute atomic E-state index is 0.755. The van der Waals surface area contributed by atoms with Crippen LogP contribution in [0.5, 0.6) is 5.75 Å². The molecule has 136 valence electrons. The Morgan fingerprint density at radius 3 is 2.32 bits per heavy atom. The van der Waals surface area contributed by atoms with E-state index >= 15 is 0 Å². The molecule has 0 unspecified atom stereocenters. The van der Waals surface area contributed by atoms with E-state index in [1.165, 1.54) is 44.1 Å². The maximum absolute atomic E-state index is 6.01. The molecule has 0 aliphatic rings. The minimum Gasteiger partial charge on any atom is -0.491 e. The van der Waals surface area contributed by atoms with E-state index in [-0.39, 0.29) is 0 Å². The van der Waals surface area contributed by atoms with Crippen molar-refractivity contribution in [1.29, 1.82) is 0 Å². The molecule has 0 saturated carbocycles. The zero-order valence-corrected chi connectivity index (χ0v) is 15.7. The van der Waals surface area contributed by atoms with E-state index in [0.717, 1.165) is 37.4 Å². The standard InChI is InChI=1S/C23H33NO/c1-2-3-4-5-6-12-19-24-22-17-10-11-18-23(22)25-20-13-16-21-14-8-7-9-15-21/h7-11,14-15,17-18,24H,2-6,12-13,16,19-20H2,1H3. The molecule has 25 heavy (non-hydrogen) atoms. The van der Waals surface area contributed by atoms with E-state index in [9.17, 15) is 0 Å². The zero-order valence-electron chi connectivity index (χ0n) is 15.7. The summed E-state index contributed by atoms with van der Waals surface area (Å²) in [7, 11) is 0. The van der Waals surface area contributed by atoms with E-state index in [1.54, 1.807) is 0 Å². The van der Waals surface area contributed by atoms with Crippen LogP contribution in [0, 0.1) is 0 Å². The molecule has 2 nitrogen and oxygen atoms in total. The van der Waals surface area contributed by atoms with Gasteiger partial charge in [0.1, 0.15) is 5.75 Å². The summed E-state index contributed by atoms with van der Waals surface area (Å²) in [6.45, 7) is 4.04. The molecule has 1 N–H and O–H groups in total. The van der Waals surface area contributed by atoms with Gasteiger partial charge in [0.25, 0.3) is 0 Å². The molecule has 2 rings (SSSR count). The Hall–Kier alpha value is -1.96. The van der Waals surface area contributed by atoms with Gasteiger partial charge in [0.15, 0.2) is 0 Å². The average Bonchev–Trinajstić information content (AvgIpc) is 2.66. The largest absolute Gasteiger partial charge is 0.491 e. The van der Waals surface area contributed by atoms with Crippen molar-refractivity contribution in [3.8, 4) is 5.75 Å². The van der Waals surface area contributed by atoms with Crippen molar-refractivity contribution in [2.75, 3.05) is 18.5 Å². The van der Waals surface area contributed by atoms with Crippen LogP contribution >= 0.6 is 0 Å². The quantitative estimate of drug-likeness (QED) is 0.422. The second-order valence-electron chi connectivity index (χ2n) is 6.63. The first kappa shape index (κ1) is 19.4. The molecule has 2 heteroatoms. The first-order valence-corrected chi connectivity index (χ1v) is 9.90. The van der Waals surface area contributed by atoms with Crippen LogP contribution in [0.2, 0.25) is 0 Å². The second kappa shape index (κ2) is 12.4. The molecule has 0 saturated heterocycles. The van der Waals surface area contributed by atoms with Gasteiger partial charge in [0.2, 0.25) is 0 Å². The van der Waals surface area contributed by atoms with Gasteiger partial charge in [-0.2, -0.15) is 0 Å². The third-order valence-corrected chi connectivity index (χ3v) is 4.44. The maximum Gasteiger partial charge on any atom is 0.142 e. The third kappa shape index (κ3) is 8.11. The molecule has 0 aromatic heterocycles. The molecule has 0 bridgehead atoms. The first-order valence-electron chi connectivity index (χ1n) is 9.90. The van der Waals surface area contributed by atoms with Gasteiger partial charge in [-0.3, -0.25) is 0 Å². The van der Waals surface area contributed by atoms with Gasteiger partial charge >= 0.3 is 0 Å². The fourth-order valence-corrected chi connectivity index (χ4v) is 2.97. The number of rotatable bonds is 13. The van der Waals surface area contributed by atoms with Crippen molar-refractivity contribution in [2.24, 2.45) is 0 Å². The summed E-state index contributed by atoms with van der Waals surface area (Å²) in [5, 5.41) is 3.54. The summed E-state index contributed by atoms with van der Waals surface area (Å²) in [5.41, 5.74) is 2.50. The molecule has 0 heterocycles. The number of unbranched alkanes of at least 4 members (excludes halogenated alkanes) is 5. The Kier molecular flexibility index (Phi) is 9.61. The fraction of sp³-hybridized carbons (Fsp3) is 0.478. The van der Waals surface area contributed by atoms with Crippen LogP contribution < -0.4 is 10.1 Å². The van der Waals surface area contributed by atoms with E-state index in [4.69, 9.17) is 4.74 Å². The molecular formula is C23H33NO. The molecule has 0 amide bonds. The number of benzene rings is 2. The van der Waals surface area contributed by atoms with E-state index < -0.39 is 0 Å². The topological polar surface area (TPSA) is 21.3 Å². The third-order valence-electron chi connectivity index (χ3n) is 4.44. The van der Waals surface area contributed by atoms with Gasteiger partial charge < -0.3 is 10.1 Å². The Morgan fingerprint density at radius 1 is 0.760 bits per heavy atom. The van der Waals surface area contributed by atoms with Crippen molar-refractivity contribution < 1.29 is 4.74 Å². The van der Waals surface area contributed by atoms with Crippen LogP contribution in [-0.4, -0.2) is 13.2 Å². The Labute approximate surface area is 153 Å². The van der Waals surface area contributed by atoms with Crippen LogP contribution in [0.3, 0.4) is 0 Å². The Morgan fingerprint density at radius 2 is 1.48 bits per heavy atom. The summed E-state index contributed by atoms with van der Waals surface area (Å²) in [6.07, 6.45) is 10.0. The SMILES string of the molecule is CCCCCCCCNc1ccccc1OCCCc1ccccc1. The van der Waals surface area contributed by atoms with Crippen LogP contribution in [-0.2, 0) is 6.42 Å². The van der Waals surface area contributed by atoms with Crippen LogP contribution in [0.25, 0.3) is 0 Å². The predicted octanol–water partition coefficient (Wildman–Crippen LogP) is 6.47. The summed E-state index contributed by atoms with van der Waals surface area (Å²) in [6, 6.07) is 18.9. The van der Waals surface area contributed by atoms with Gasteiger partial charge in [-0.05, 0) is 37.0 Å². The zero-order chi connectivity index (χ0) is 17.6. The number of ether oxygens (including phenoxy) is 1. The normalized spacial score (nSPS) is 10.6. The lowest BCUT2D eigenvalue weighted by Gasteiger charge is -2.13. The molecule has 0 spiro atoms. The highest BCUT2D eigenvalue weighted by Gasteiger charge is 2.02. The van der Waals surface area contributed by atoms with Crippen LogP contribution in [0.4, 0.5) is 5.69 Å². The Balaban J connectivity index is 1.65. The van der Waals surface area contributed by atoms with E-state index in [0.29, 0.717) is 0 Å². The molecule has 0 radical (unpaired) electrons. The highest BCUT2D eigenvalue weighted by Crippen LogP contribution is 2.24. The monoisotopic (exact) mass is 339 g/mol. The number of hydrogen-bond donors (Lipinski definition) is 1. The Bertz CT molecular complexity index is 567. The lowest BCUT2D eigenvalue weighted by molar-refractivity contribution is 0.312. The van der Waals surface area contributed by atoms with E-state index in [2.05, 4.69) is 60.8 Å². The van der Waals surface area contributed by atoms with Crippen molar-refractivity contribution in [2.45, 2.75) is 58.3 Å². The lowest BCUT2D eigenvalue weighted by atomic mass is 10.1. The molecule has 0 fully saturated rings. The summed E-state index contributed by atoms with van der Waals surface area (Å²) in [4.78, 5) is 0. The van der Waals surface area contributed by atoms with Gasteiger partial charge in [-0.15, -0.1) is 0 Å². The number of hydrogen-bond acceptors (Lipinski definition) is 2. The lowest BCUT2D eigenvalue weighted by Crippen LogP contribution is -2.05. The second-order valence-corrected chi connectivity index (χ2v) is 6.63. The molecular weight excluding hydrogens is 306 g/mol. The minimum atomic E-state index is 0.755. The van der Waals surface area contributed by atoms with Crippen molar-refractivity contribution in [1.82, 2.24) is 0 Å². The fourth-order valence-electron chi connectivity index (χ4n) is 2.97. The summed E-state index contributed by atoms with van der Waals surface area (Å²) < 4.78 is 6.01. The van der Waals surface area contributed by atoms with E-state index in [1.807, 2.05) is 6.07 Å². The molecule has 2 aromatic rings. The van der Waals surface area contributed by atoms with Crippen LogP contribution in [0.1, 0.15) is 57.4 Å².